The van der Waals surface area contributed by atoms with Gasteiger partial charge < -0.3 is 5.32 Å². The van der Waals surface area contributed by atoms with Gasteiger partial charge in [-0.1, -0.05) is 56.5 Å². The van der Waals surface area contributed by atoms with Crippen molar-refractivity contribution in [3.8, 4) is 0 Å². The summed E-state index contributed by atoms with van der Waals surface area (Å²) in [4.78, 5) is 0. The molecule has 2 atom stereocenters. The molecule has 3 heteroatoms. The highest BCUT2D eigenvalue weighted by Gasteiger charge is 2.15. The van der Waals surface area contributed by atoms with Gasteiger partial charge in [0.25, 0.3) is 0 Å². The van der Waals surface area contributed by atoms with Gasteiger partial charge in [-0.05, 0) is 43.0 Å². The molecule has 0 spiro atoms. The largest absolute Gasteiger partial charge is 0.314 e. The van der Waals surface area contributed by atoms with Crippen LogP contribution in [-0.4, -0.2) is 12.6 Å². The number of hydrogen-bond acceptors (Lipinski definition) is 1. The molecule has 1 rings (SSSR count). The van der Waals surface area contributed by atoms with Gasteiger partial charge >= 0.3 is 0 Å². The zero-order chi connectivity index (χ0) is 13.5. The zero-order valence-electron chi connectivity index (χ0n) is 11.5. The van der Waals surface area contributed by atoms with E-state index in [4.69, 9.17) is 23.2 Å². The quantitative estimate of drug-likeness (QED) is 0.748. The molecule has 0 radical (unpaired) electrons. The minimum absolute atomic E-state index is 0.447. The topological polar surface area (TPSA) is 12.0 Å². The fraction of sp³-hybridized carbons (Fsp3) is 0.600. The Kier molecular flexibility index (Phi) is 7.06. The van der Waals surface area contributed by atoms with E-state index < -0.39 is 0 Å². The van der Waals surface area contributed by atoms with Crippen molar-refractivity contribution in [2.75, 3.05) is 6.54 Å². The van der Waals surface area contributed by atoms with Crippen molar-refractivity contribution in [2.24, 2.45) is 5.92 Å². The number of rotatable bonds is 7. The van der Waals surface area contributed by atoms with Crippen LogP contribution in [0.15, 0.2) is 18.2 Å². The molecule has 0 aromatic heterocycles. The molecular weight excluding hydrogens is 265 g/mol. The van der Waals surface area contributed by atoms with Crippen LogP contribution in [0.1, 0.15) is 39.2 Å². The number of benzene rings is 1. The van der Waals surface area contributed by atoms with Gasteiger partial charge in [-0.25, -0.2) is 0 Å². The molecule has 0 aliphatic carbocycles. The maximum atomic E-state index is 6.23. The number of halogens is 2. The van der Waals surface area contributed by atoms with Gasteiger partial charge in [-0.15, -0.1) is 0 Å². The van der Waals surface area contributed by atoms with E-state index in [2.05, 4.69) is 26.1 Å². The minimum atomic E-state index is 0.447. The summed E-state index contributed by atoms with van der Waals surface area (Å²) in [6, 6.07) is 6.16. The Morgan fingerprint density at radius 1 is 1.17 bits per heavy atom. The van der Waals surface area contributed by atoms with Gasteiger partial charge in [-0.3, -0.25) is 0 Å². The highest BCUT2D eigenvalue weighted by atomic mass is 35.5. The predicted octanol–water partition coefficient (Wildman–Crippen LogP) is 4.95. The van der Waals surface area contributed by atoms with Crippen molar-refractivity contribution in [1.29, 1.82) is 0 Å². The third-order valence-electron chi connectivity index (χ3n) is 3.39. The van der Waals surface area contributed by atoms with E-state index in [-0.39, 0.29) is 0 Å². The van der Waals surface area contributed by atoms with Crippen molar-refractivity contribution < 1.29 is 0 Å². The van der Waals surface area contributed by atoms with Gasteiger partial charge in [0, 0.05) is 16.1 Å². The highest BCUT2D eigenvalue weighted by Crippen LogP contribution is 2.26. The molecule has 0 aliphatic heterocycles. The van der Waals surface area contributed by atoms with Crippen molar-refractivity contribution in [3.05, 3.63) is 33.8 Å². The Morgan fingerprint density at radius 3 is 2.28 bits per heavy atom. The van der Waals surface area contributed by atoms with Crippen LogP contribution in [-0.2, 0) is 6.42 Å². The second-order valence-electron chi connectivity index (χ2n) is 4.91. The lowest BCUT2D eigenvalue weighted by Gasteiger charge is -2.22. The van der Waals surface area contributed by atoms with Gasteiger partial charge in [0.15, 0.2) is 0 Å². The Labute approximate surface area is 121 Å². The maximum Gasteiger partial charge on any atom is 0.0453 e. The smallest absolute Gasteiger partial charge is 0.0453 e. The number of hydrogen-bond donors (Lipinski definition) is 1. The molecule has 18 heavy (non-hydrogen) atoms. The minimum Gasteiger partial charge on any atom is -0.314 e. The lowest BCUT2D eigenvalue weighted by molar-refractivity contribution is 0.397. The van der Waals surface area contributed by atoms with Crippen molar-refractivity contribution in [3.63, 3.8) is 0 Å². The Hall–Kier alpha value is -0.240. The maximum absolute atomic E-state index is 6.23. The Bertz CT molecular complexity index is 345. The van der Waals surface area contributed by atoms with Crippen LogP contribution < -0.4 is 5.32 Å². The number of likely N-dealkylation sites (N-methyl/N-ethyl adjacent to an activating group) is 1. The van der Waals surface area contributed by atoms with Crippen LogP contribution >= 0.6 is 23.2 Å². The molecule has 0 amide bonds. The summed E-state index contributed by atoms with van der Waals surface area (Å²) in [6.45, 7) is 7.63. The molecule has 2 unspecified atom stereocenters. The monoisotopic (exact) mass is 287 g/mol. The molecular formula is C15H23Cl2N. The summed E-state index contributed by atoms with van der Waals surface area (Å²) >= 11 is 12.5. The summed E-state index contributed by atoms with van der Waals surface area (Å²) < 4.78 is 0. The number of nitrogens with one attached hydrogen (secondary N) is 1. The standard InChI is InChI=1S/C15H23Cl2N/c1-4-11(3)9-12(18-5-2)10-13-14(16)7-6-8-15(13)17/h6-8,11-12,18H,4-5,9-10H2,1-3H3. The van der Waals surface area contributed by atoms with E-state index in [1.54, 1.807) is 0 Å². The summed E-state index contributed by atoms with van der Waals surface area (Å²) in [5.41, 5.74) is 1.06. The predicted molar refractivity (Wildman–Crippen MR) is 81.7 cm³/mol. The normalized spacial score (nSPS) is 14.5. The molecule has 1 N–H and O–H groups in total. The second-order valence-corrected chi connectivity index (χ2v) is 5.72. The highest BCUT2D eigenvalue weighted by molar-refractivity contribution is 6.35. The van der Waals surface area contributed by atoms with Gasteiger partial charge in [0.2, 0.25) is 0 Å². The van der Waals surface area contributed by atoms with Gasteiger partial charge in [0.1, 0.15) is 0 Å². The van der Waals surface area contributed by atoms with Gasteiger partial charge in [0.05, 0.1) is 0 Å². The van der Waals surface area contributed by atoms with Crippen LogP contribution in [0.25, 0.3) is 0 Å². The van der Waals surface area contributed by atoms with Gasteiger partial charge in [-0.2, -0.15) is 0 Å². The van der Waals surface area contributed by atoms with E-state index in [9.17, 15) is 0 Å². The fourth-order valence-corrected chi connectivity index (χ4v) is 2.71. The van der Waals surface area contributed by atoms with E-state index in [1.807, 2.05) is 18.2 Å². The van der Waals surface area contributed by atoms with Crippen LogP contribution in [0.2, 0.25) is 10.0 Å². The molecule has 0 aliphatic rings. The molecule has 102 valence electrons. The summed E-state index contributed by atoms with van der Waals surface area (Å²) in [7, 11) is 0. The lowest BCUT2D eigenvalue weighted by Crippen LogP contribution is -2.32. The Balaban J connectivity index is 2.76. The first-order chi connectivity index (χ1) is 8.58. The SMILES string of the molecule is CCNC(Cc1c(Cl)cccc1Cl)CC(C)CC. The lowest BCUT2D eigenvalue weighted by atomic mass is 9.94. The Morgan fingerprint density at radius 2 is 1.78 bits per heavy atom. The van der Waals surface area contributed by atoms with Crippen LogP contribution in [0.3, 0.4) is 0 Å². The first-order valence-corrected chi connectivity index (χ1v) is 7.50. The molecule has 0 bridgehead atoms. The molecule has 1 aromatic rings. The van der Waals surface area contributed by atoms with Crippen LogP contribution in [0.4, 0.5) is 0 Å². The fourth-order valence-electron chi connectivity index (χ4n) is 2.15. The second kappa shape index (κ2) is 8.04. The van der Waals surface area contributed by atoms with Crippen molar-refractivity contribution in [2.45, 2.75) is 46.1 Å². The molecule has 1 aromatic carbocycles. The van der Waals surface area contributed by atoms with E-state index >= 15 is 0 Å². The molecule has 0 fully saturated rings. The average Bonchev–Trinajstić information content (AvgIpc) is 2.34. The third-order valence-corrected chi connectivity index (χ3v) is 4.10. The van der Waals surface area contributed by atoms with Crippen LogP contribution in [0, 0.1) is 5.92 Å². The molecule has 0 saturated carbocycles. The van der Waals surface area contributed by atoms with E-state index in [0.29, 0.717) is 6.04 Å². The van der Waals surface area contributed by atoms with Crippen LogP contribution in [0.5, 0.6) is 0 Å². The molecule has 0 heterocycles. The molecule has 0 saturated heterocycles. The zero-order valence-corrected chi connectivity index (χ0v) is 13.0. The third kappa shape index (κ3) is 4.79. The van der Waals surface area contributed by atoms with E-state index in [1.165, 1.54) is 6.42 Å². The van der Waals surface area contributed by atoms with Crippen molar-refractivity contribution >= 4 is 23.2 Å². The first-order valence-electron chi connectivity index (χ1n) is 6.74. The summed E-state index contributed by atoms with van der Waals surface area (Å²) in [5.74, 6) is 0.718. The molecule has 1 nitrogen and oxygen atoms in total. The van der Waals surface area contributed by atoms with E-state index in [0.717, 1.165) is 40.9 Å². The summed E-state index contributed by atoms with van der Waals surface area (Å²) in [6.07, 6.45) is 3.26. The van der Waals surface area contributed by atoms with Crippen molar-refractivity contribution in [1.82, 2.24) is 5.32 Å². The average molecular weight is 288 g/mol. The first kappa shape index (κ1) is 15.8. The summed E-state index contributed by atoms with van der Waals surface area (Å²) in [5, 5.41) is 5.08.